The van der Waals surface area contributed by atoms with E-state index in [1.54, 1.807) is 0 Å². The van der Waals surface area contributed by atoms with Crippen LogP contribution in [0.15, 0.2) is 24.3 Å². The summed E-state index contributed by atoms with van der Waals surface area (Å²) >= 11 is 5.76. The van der Waals surface area contributed by atoms with E-state index in [0.29, 0.717) is 5.88 Å². The van der Waals surface area contributed by atoms with Crippen molar-refractivity contribution < 1.29 is 4.74 Å². The topological polar surface area (TPSA) is 12.5 Å². The van der Waals surface area contributed by atoms with Crippen molar-refractivity contribution in [1.29, 1.82) is 0 Å². The molecule has 0 aromatic heterocycles. The molecule has 0 spiro atoms. The van der Waals surface area contributed by atoms with Gasteiger partial charge in [0.15, 0.2) is 0 Å². The molecule has 1 aromatic carbocycles. The van der Waals surface area contributed by atoms with Crippen molar-refractivity contribution in [2.45, 2.75) is 18.7 Å². The molecule has 2 nitrogen and oxygen atoms in total. The Balaban J connectivity index is 1.71. The van der Waals surface area contributed by atoms with Gasteiger partial charge in [-0.3, -0.25) is 0 Å². The smallest absolute Gasteiger partial charge is 0.0641 e. The van der Waals surface area contributed by atoms with Crippen molar-refractivity contribution in [3.63, 3.8) is 0 Å². The van der Waals surface area contributed by atoms with Crippen LogP contribution in [-0.2, 0) is 10.6 Å². The Hall–Kier alpha value is -0.730. The Bertz CT molecular complexity index is 335. The molecule has 0 amide bonds. The first kappa shape index (κ1) is 12.7. The number of hydrogen-bond acceptors (Lipinski definition) is 2. The van der Waals surface area contributed by atoms with Crippen molar-refractivity contribution in [3.05, 3.63) is 29.8 Å². The van der Waals surface area contributed by atoms with E-state index in [9.17, 15) is 0 Å². The number of benzene rings is 1. The number of likely N-dealkylation sites (N-methyl/N-ethyl adjacent to an activating group) is 1. The van der Waals surface area contributed by atoms with Crippen LogP contribution in [0.1, 0.15) is 18.4 Å². The maximum atomic E-state index is 5.76. The van der Waals surface area contributed by atoms with Gasteiger partial charge in [0.2, 0.25) is 0 Å². The Morgan fingerprint density at radius 1 is 1.29 bits per heavy atom. The monoisotopic (exact) mass is 253 g/mol. The number of hydrogen-bond donors (Lipinski definition) is 0. The lowest BCUT2D eigenvalue weighted by Gasteiger charge is -2.19. The summed E-state index contributed by atoms with van der Waals surface area (Å²) in [7, 11) is 2.09. The lowest BCUT2D eigenvalue weighted by molar-refractivity contribution is 0.131. The van der Waals surface area contributed by atoms with Crippen molar-refractivity contribution >= 4 is 17.3 Å². The summed E-state index contributed by atoms with van der Waals surface area (Å²) in [5.41, 5.74) is 2.38. The molecule has 1 saturated carbocycles. The Morgan fingerprint density at radius 3 is 2.59 bits per heavy atom. The van der Waals surface area contributed by atoms with Crippen molar-refractivity contribution in [3.8, 4) is 0 Å². The lowest BCUT2D eigenvalue weighted by Crippen LogP contribution is -2.22. The molecule has 1 aliphatic rings. The molecule has 2 rings (SSSR count). The van der Waals surface area contributed by atoms with E-state index in [2.05, 4.69) is 36.2 Å². The number of alkyl halides is 1. The van der Waals surface area contributed by atoms with E-state index < -0.39 is 0 Å². The number of ether oxygens (including phenoxy) is 1. The van der Waals surface area contributed by atoms with Gasteiger partial charge in [-0.15, -0.1) is 11.6 Å². The average molecular weight is 254 g/mol. The zero-order valence-electron chi connectivity index (χ0n) is 10.4. The molecule has 0 radical (unpaired) electrons. The third kappa shape index (κ3) is 4.21. The Labute approximate surface area is 109 Å². The minimum Gasteiger partial charge on any atom is -0.379 e. The molecular formula is C14H20ClNO. The fourth-order valence-corrected chi connectivity index (χ4v) is 1.88. The molecule has 0 unspecified atom stereocenters. The number of halogens is 1. The van der Waals surface area contributed by atoms with Crippen LogP contribution < -0.4 is 4.90 Å². The number of nitrogens with zero attached hydrogens (tertiary/aromatic N) is 1. The third-order valence-electron chi connectivity index (χ3n) is 3.15. The van der Waals surface area contributed by atoms with Crippen LogP contribution >= 0.6 is 11.6 Å². The van der Waals surface area contributed by atoms with E-state index in [0.717, 1.165) is 31.2 Å². The highest BCUT2D eigenvalue weighted by molar-refractivity contribution is 6.17. The second-order valence-electron chi connectivity index (χ2n) is 4.74. The predicted octanol–water partition coefficient (Wildman–Crippen LogP) is 3.29. The molecule has 17 heavy (non-hydrogen) atoms. The van der Waals surface area contributed by atoms with Crippen molar-refractivity contribution in [2.24, 2.45) is 5.92 Å². The van der Waals surface area contributed by atoms with E-state index in [1.165, 1.54) is 18.5 Å². The summed E-state index contributed by atoms with van der Waals surface area (Å²) in [6, 6.07) is 8.37. The van der Waals surface area contributed by atoms with Crippen LogP contribution in [-0.4, -0.2) is 26.8 Å². The van der Waals surface area contributed by atoms with Gasteiger partial charge in [-0.2, -0.15) is 0 Å². The molecule has 1 aromatic rings. The van der Waals surface area contributed by atoms with E-state index in [-0.39, 0.29) is 0 Å². The summed E-state index contributed by atoms with van der Waals surface area (Å²) in [5.74, 6) is 1.43. The molecule has 0 N–H and O–H groups in total. The third-order valence-corrected chi connectivity index (χ3v) is 3.46. The summed E-state index contributed by atoms with van der Waals surface area (Å²) < 4.78 is 5.63. The number of rotatable bonds is 7. The van der Waals surface area contributed by atoms with Gasteiger partial charge >= 0.3 is 0 Å². The van der Waals surface area contributed by atoms with Crippen LogP contribution in [0.3, 0.4) is 0 Å². The standard InChI is InChI=1S/C14H20ClNO/c1-16(8-9-17-11-13-2-3-13)14-6-4-12(10-15)5-7-14/h4-7,13H,2-3,8-11H2,1H3. The van der Waals surface area contributed by atoms with Gasteiger partial charge in [-0.05, 0) is 36.5 Å². The Morgan fingerprint density at radius 2 is 2.00 bits per heavy atom. The molecule has 0 aliphatic heterocycles. The molecule has 0 saturated heterocycles. The second kappa shape index (κ2) is 6.27. The summed E-state index contributed by atoms with van der Waals surface area (Å²) in [4.78, 5) is 2.21. The highest BCUT2D eigenvalue weighted by atomic mass is 35.5. The van der Waals surface area contributed by atoms with Gasteiger partial charge in [0.05, 0.1) is 6.61 Å². The molecule has 3 heteroatoms. The quantitative estimate of drug-likeness (QED) is 0.546. The predicted molar refractivity (Wildman–Crippen MR) is 72.8 cm³/mol. The molecule has 0 heterocycles. The molecule has 1 aliphatic carbocycles. The minimum atomic E-state index is 0.578. The summed E-state index contributed by atoms with van der Waals surface area (Å²) in [6.07, 6.45) is 2.71. The summed E-state index contributed by atoms with van der Waals surface area (Å²) in [5, 5.41) is 0. The largest absolute Gasteiger partial charge is 0.379 e. The van der Waals surface area contributed by atoms with Crippen LogP contribution in [0.4, 0.5) is 5.69 Å². The van der Waals surface area contributed by atoms with Gasteiger partial charge in [-0.25, -0.2) is 0 Å². The first-order valence-electron chi connectivity index (χ1n) is 6.23. The van der Waals surface area contributed by atoms with Crippen molar-refractivity contribution in [2.75, 3.05) is 31.7 Å². The van der Waals surface area contributed by atoms with E-state index in [1.807, 2.05) is 0 Å². The molecule has 94 valence electrons. The molecule has 0 atom stereocenters. The zero-order chi connectivity index (χ0) is 12.1. The van der Waals surface area contributed by atoms with Gasteiger partial charge < -0.3 is 9.64 Å². The SMILES string of the molecule is CN(CCOCC1CC1)c1ccc(CCl)cc1. The Kier molecular flexibility index (Phi) is 4.69. The maximum Gasteiger partial charge on any atom is 0.0641 e. The summed E-state index contributed by atoms with van der Waals surface area (Å²) in [6.45, 7) is 2.69. The molecular weight excluding hydrogens is 234 g/mol. The normalized spacial score (nSPS) is 14.9. The van der Waals surface area contributed by atoms with Gasteiger partial charge in [0, 0.05) is 31.8 Å². The highest BCUT2D eigenvalue weighted by Crippen LogP contribution is 2.28. The second-order valence-corrected chi connectivity index (χ2v) is 5.01. The number of anilines is 1. The van der Waals surface area contributed by atoms with E-state index >= 15 is 0 Å². The first-order valence-corrected chi connectivity index (χ1v) is 6.77. The van der Waals surface area contributed by atoms with Crippen LogP contribution in [0.2, 0.25) is 0 Å². The van der Waals surface area contributed by atoms with E-state index in [4.69, 9.17) is 16.3 Å². The average Bonchev–Trinajstić information content (AvgIpc) is 3.18. The van der Waals surface area contributed by atoms with Crippen molar-refractivity contribution in [1.82, 2.24) is 0 Å². The van der Waals surface area contributed by atoms with Gasteiger partial charge in [0.1, 0.15) is 0 Å². The van der Waals surface area contributed by atoms with Crippen LogP contribution in [0.5, 0.6) is 0 Å². The minimum absolute atomic E-state index is 0.578. The highest BCUT2D eigenvalue weighted by Gasteiger charge is 2.20. The molecule has 1 fully saturated rings. The van der Waals surface area contributed by atoms with Crippen LogP contribution in [0, 0.1) is 5.92 Å². The molecule has 0 bridgehead atoms. The first-order chi connectivity index (χ1) is 8.29. The van der Waals surface area contributed by atoms with Gasteiger partial charge in [-0.1, -0.05) is 12.1 Å². The fraction of sp³-hybridized carbons (Fsp3) is 0.571. The lowest BCUT2D eigenvalue weighted by atomic mass is 10.2. The maximum absolute atomic E-state index is 5.76. The van der Waals surface area contributed by atoms with Crippen LogP contribution in [0.25, 0.3) is 0 Å². The fourth-order valence-electron chi connectivity index (χ4n) is 1.70. The zero-order valence-corrected chi connectivity index (χ0v) is 11.1. The van der Waals surface area contributed by atoms with Gasteiger partial charge in [0.25, 0.3) is 0 Å².